The largest absolute Gasteiger partial charge is 0.354 e. The minimum atomic E-state index is 0. The van der Waals surface area contributed by atoms with E-state index in [1.54, 1.807) is 22.7 Å². The van der Waals surface area contributed by atoms with Gasteiger partial charge in [0.2, 0.25) is 5.91 Å². The van der Waals surface area contributed by atoms with Crippen molar-refractivity contribution in [2.75, 3.05) is 13.6 Å². The Morgan fingerprint density at radius 3 is 2.68 bits per heavy atom. The normalized spacial score (nSPS) is 11.2. The molecule has 0 fully saturated rings. The number of hydrogen-bond acceptors (Lipinski definition) is 5. The van der Waals surface area contributed by atoms with Crippen LogP contribution in [-0.2, 0) is 11.2 Å². The maximum Gasteiger partial charge on any atom is 0.226 e. The molecule has 0 saturated heterocycles. The zero-order chi connectivity index (χ0) is 14.5. The molecule has 2 N–H and O–H groups in total. The van der Waals surface area contributed by atoms with Gasteiger partial charge in [-0.1, -0.05) is 0 Å². The molecule has 0 aliphatic rings. The van der Waals surface area contributed by atoms with E-state index in [0.717, 1.165) is 20.1 Å². The number of carbonyl (C=O) groups excluding carboxylic acids is 1. The van der Waals surface area contributed by atoms with E-state index in [1.807, 2.05) is 30.8 Å². The van der Waals surface area contributed by atoms with E-state index in [-0.39, 0.29) is 36.8 Å². The van der Waals surface area contributed by atoms with Crippen molar-refractivity contribution in [2.24, 2.45) is 0 Å². The van der Waals surface area contributed by atoms with Crippen LogP contribution in [0.15, 0.2) is 21.3 Å². The molecule has 2 heterocycles. The number of amides is 1. The Balaban J connectivity index is 0.00000220. The summed E-state index contributed by atoms with van der Waals surface area (Å²) in [5.74, 6) is 0.0105. The number of nitrogens with zero attached hydrogens (tertiary/aromatic N) is 1. The molecule has 0 aromatic carbocycles. The van der Waals surface area contributed by atoms with Crippen molar-refractivity contribution in [1.82, 2.24) is 15.6 Å². The predicted molar refractivity (Wildman–Crippen MR) is 103 cm³/mol. The van der Waals surface area contributed by atoms with Crippen molar-refractivity contribution in [2.45, 2.75) is 19.4 Å². The number of nitrogens with one attached hydrogen (secondary N) is 2. The zero-order valence-electron chi connectivity index (χ0n) is 12.1. The van der Waals surface area contributed by atoms with Gasteiger partial charge in [0.05, 0.1) is 17.0 Å². The Hall–Kier alpha value is -0.180. The maximum absolute atomic E-state index is 11.8. The highest BCUT2D eigenvalue weighted by Crippen LogP contribution is 2.31. The lowest BCUT2D eigenvalue weighted by molar-refractivity contribution is -0.120. The summed E-state index contributed by atoms with van der Waals surface area (Å²) in [7, 11) is 1.88. The van der Waals surface area contributed by atoms with Gasteiger partial charge in [-0.25, -0.2) is 4.98 Å². The first-order valence-corrected chi connectivity index (χ1v) is 8.76. The van der Waals surface area contributed by atoms with Crippen molar-refractivity contribution in [3.63, 3.8) is 0 Å². The van der Waals surface area contributed by atoms with Crippen LogP contribution in [0.1, 0.15) is 12.6 Å². The summed E-state index contributed by atoms with van der Waals surface area (Å²) >= 11 is 6.65. The van der Waals surface area contributed by atoms with Crippen molar-refractivity contribution in [3.05, 3.63) is 27.0 Å². The van der Waals surface area contributed by atoms with Gasteiger partial charge in [0, 0.05) is 27.8 Å². The minimum Gasteiger partial charge on any atom is -0.354 e. The highest BCUT2D eigenvalue weighted by atomic mass is 79.9. The van der Waals surface area contributed by atoms with Crippen LogP contribution in [0.25, 0.3) is 9.88 Å². The van der Waals surface area contributed by atoms with Gasteiger partial charge in [0.25, 0.3) is 0 Å². The molecular formula is C13H18BrCl2N3OS2. The Bertz CT molecular complexity index is 591. The van der Waals surface area contributed by atoms with Gasteiger partial charge in [-0.15, -0.1) is 47.5 Å². The van der Waals surface area contributed by atoms with E-state index in [9.17, 15) is 4.79 Å². The van der Waals surface area contributed by atoms with Gasteiger partial charge in [-0.05, 0) is 36.0 Å². The van der Waals surface area contributed by atoms with Gasteiger partial charge >= 0.3 is 0 Å². The molecule has 1 atom stereocenters. The predicted octanol–water partition coefficient (Wildman–Crippen LogP) is 3.74. The minimum absolute atomic E-state index is 0. The molecule has 0 radical (unpaired) electrons. The fourth-order valence-electron chi connectivity index (χ4n) is 1.52. The summed E-state index contributed by atoms with van der Waals surface area (Å²) in [4.78, 5) is 17.4. The number of thiophene rings is 1. The molecule has 1 amide bonds. The molecule has 2 aromatic heterocycles. The zero-order valence-corrected chi connectivity index (χ0v) is 16.9. The van der Waals surface area contributed by atoms with Crippen molar-refractivity contribution in [3.8, 4) is 9.88 Å². The molecule has 2 rings (SSSR count). The SMILES string of the molecule is CNC(C)CNC(=O)Cc1csc(-c2cc(Br)cs2)n1.Cl.Cl. The number of rotatable bonds is 6. The van der Waals surface area contributed by atoms with Crippen LogP contribution in [0.4, 0.5) is 0 Å². The second kappa shape index (κ2) is 10.6. The van der Waals surface area contributed by atoms with Crippen LogP contribution in [0.2, 0.25) is 0 Å². The lowest BCUT2D eigenvalue weighted by atomic mass is 10.3. The lowest BCUT2D eigenvalue weighted by Crippen LogP contribution is -2.37. The summed E-state index contributed by atoms with van der Waals surface area (Å²) < 4.78 is 1.06. The molecule has 2 aromatic rings. The molecule has 4 nitrogen and oxygen atoms in total. The molecule has 124 valence electrons. The van der Waals surface area contributed by atoms with Crippen LogP contribution in [0.3, 0.4) is 0 Å². The number of hydrogen-bond donors (Lipinski definition) is 2. The molecule has 0 spiro atoms. The first kappa shape index (κ1) is 21.8. The van der Waals surface area contributed by atoms with E-state index in [4.69, 9.17) is 0 Å². The highest BCUT2D eigenvalue weighted by molar-refractivity contribution is 9.10. The Labute approximate surface area is 159 Å². The second-order valence-corrected chi connectivity index (χ2v) is 7.13. The van der Waals surface area contributed by atoms with Crippen LogP contribution in [-0.4, -0.2) is 30.5 Å². The van der Waals surface area contributed by atoms with Crippen molar-refractivity contribution >= 4 is 69.3 Å². The maximum atomic E-state index is 11.8. The highest BCUT2D eigenvalue weighted by Gasteiger charge is 2.10. The van der Waals surface area contributed by atoms with Crippen LogP contribution >= 0.6 is 63.4 Å². The van der Waals surface area contributed by atoms with E-state index >= 15 is 0 Å². The quantitative estimate of drug-likeness (QED) is 0.710. The van der Waals surface area contributed by atoms with E-state index in [2.05, 4.69) is 31.5 Å². The van der Waals surface area contributed by atoms with Gasteiger partial charge in [-0.3, -0.25) is 4.79 Å². The summed E-state index contributed by atoms with van der Waals surface area (Å²) in [5.41, 5.74) is 0.823. The fourth-order valence-corrected chi connectivity index (χ4v) is 3.85. The number of halogens is 3. The van der Waals surface area contributed by atoms with Crippen LogP contribution < -0.4 is 10.6 Å². The average molecular weight is 447 g/mol. The summed E-state index contributed by atoms with van der Waals surface area (Å²) in [6.45, 7) is 2.65. The average Bonchev–Trinajstić information content (AvgIpc) is 3.05. The molecule has 0 aliphatic heterocycles. The number of thiazole rings is 1. The van der Waals surface area contributed by atoms with Gasteiger partial charge in [-0.2, -0.15) is 0 Å². The van der Waals surface area contributed by atoms with Crippen LogP contribution in [0.5, 0.6) is 0 Å². The lowest BCUT2D eigenvalue weighted by Gasteiger charge is -2.10. The monoisotopic (exact) mass is 445 g/mol. The molecule has 22 heavy (non-hydrogen) atoms. The third kappa shape index (κ3) is 6.52. The molecular weight excluding hydrogens is 429 g/mol. The molecule has 1 unspecified atom stereocenters. The molecule has 9 heteroatoms. The van der Waals surface area contributed by atoms with E-state index < -0.39 is 0 Å². The van der Waals surface area contributed by atoms with Gasteiger partial charge in [0.1, 0.15) is 5.01 Å². The topological polar surface area (TPSA) is 54.0 Å². The standard InChI is InChI=1S/C13H16BrN3OS2.2ClH/c1-8(15-2)5-16-12(18)4-10-7-20-13(17-10)11-3-9(14)6-19-11;;/h3,6-8,15H,4-5H2,1-2H3,(H,16,18);2*1H. The van der Waals surface area contributed by atoms with Crippen molar-refractivity contribution in [1.29, 1.82) is 0 Å². The molecule has 0 aliphatic carbocycles. The van der Waals surface area contributed by atoms with Crippen molar-refractivity contribution < 1.29 is 4.79 Å². The summed E-state index contributed by atoms with van der Waals surface area (Å²) in [6, 6.07) is 2.32. The summed E-state index contributed by atoms with van der Waals surface area (Å²) in [6.07, 6.45) is 0.333. The Morgan fingerprint density at radius 2 is 2.09 bits per heavy atom. The number of carbonyl (C=O) groups is 1. The number of likely N-dealkylation sites (N-methyl/N-ethyl adjacent to an activating group) is 1. The Kier molecular flexibility index (Phi) is 10.5. The van der Waals surface area contributed by atoms with Crippen LogP contribution in [0, 0.1) is 0 Å². The third-order valence-electron chi connectivity index (χ3n) is 2.77. The first-order valence-electron chi connectivity index (χ1n) is 6.21. The van der Waals surface area contributed by atoms with Gasteiger partial charge < -0.3 is 10.6 Å². The van der Waals surface area contributed by atoms with E-state index in [0.29, 0.717) is 13.0 Å². The summed E-state index contributed by atoms with van der Waals surface area (Å²) in [5, 5.41) is 10.9. The Morgan fingerprint density at radius 1 is 1.36 bits per heavy atom. The fraction of sp³-hybridized carbons (Fsp3) is 0.385. The van der Waals surface area contributed by atoms with E-state index in [1.165, 1.54) is 0 Å². The van der Waals surface area contributed by atoms with Gasteiger partial charge in [0.15, 0.2) is 0 Å². The molecule has 0 bridgehead atoms. The third-order valence-corrected chi connectivity index (χ3v) is 5.52. The second-order valence-electron chi connectivity index (χ2n) is 4.44. The smallest absolute Gasteiger partial charge is 0.226 e. The molecule has 0 saturated carbocycles. The number of aromatic nitrogens is 1. The first-order chi connectivity index (χ1) is 9.58.